The second kappa shape index (κ2) is 11.7. The molecular formula is C35H25BrN2O5. The molecule has 1 atom stereocenters. The molecule has 212 valence electrons. The minimum absolute atomic E-state index is 0.251. The van der Waals surface area contributed by atoms with Gasteiger partial charge in [-0.05, 0) is 55.0 Å². The van der Waals surface area contributed by atoms with Crippen molar-refractivity contribution in [3.05, 3.63) is 130 Å². The summed E-state index contributed by atoms with van der Waals surface area (Å²) in [6, 6.07) is 29.5. The molecule has 0 fully saturated rings. The third kappa shape index (κ3) is 5.37. The van der Waals surface area contributed by atoms with Gasteiger partial charge >= 0.3 is 5.97 Å². The largest absolute Gasteiger partial charge is 0.450 e. The van der Waals surface area contributed by atoms with Crippen molar-refractivity contribution in [2.75, 3.05) is 4.90 Å². The molecule has 0 N–H and O–H groups in total. The molecule has 1 unspecified atom stereocenters. The number of carbonyl (C=O) groups excluding carboxylic acids is 4. The summed E-state index contributed by atoms with van der Waals surface area (Å²) >= 11 is 3.48. The van der Waals surface area contributed by atoms with E-state index in [9.17, 15) is 19.2 Å². The van der Waals surface area contributed by atoms with Gasteiger partial charge < -0.3 is 4.74 Å². The molecule has 1 aromatic heterocycles. The van der Waals surface area contributed by atoms with Gasteiger partial charge in [0.2, 0.25) is 5.78 Å². The number of rotatable bonds is 8. The van der Waals surface area contributed by atoms with E-state index in [-0.39, 0.29) is 23.2 Å². The van der Waals surface area contributed by atoms with E-state index in [0.717, 1.165) is 9.37 Å². The highest BCUT2D eigenvalue weighted by Gasteiger charge is 2.36. The molecule has 7 nitrogen and oxygen atoms in total. The summed E-state index contributed by atoms with van der Waals surface area (Å²) < 4.78 is 6.62. The summed E-state index contributed by atoms with van der Waals surface area (Å²) in [4.78, 5) is 58.7. The molecule has 0 bridgehead atoms. The average molecular weight is 633 g/mol. The zero-order valence-electron chi connectivity index (χ0n) is 23.1. The Labute approximate surface area is 256 Å². The number of amides is 2. The average Bonchev–Trinajstić information content (AvgIpc) is 3.29. The number of benzene rings is 4. The van der Waals surface area contributed by atoms with E-state index in [2.05, 4.69) is 15.9 Å². The highest BCUT2D eigenvalue weighted by molar-refractivity contribution is 9.10. The molecule has 0 aliphatic carbocycles. The molecule has 0 radical (unpaired) electrons. The number of esters is 1. The second-order valence-electron chi connectivity index (χ2n) is 10.2. The third-order valence-corrected chi connectivity index (χ3v) is 7.85. The van der Waals surface area contributed by atoms with E-state index in [1.807, 2.05) is 19.1 Å². The quantitative estimate of drug-likeness (QED) is 0.0989. The fourth-order valence-electron chi connectivity index (χ4n) is 5.21. The van der Waals surface area contributed by atoms with Gasteiger partial charge in [-0.3, -0.25) is 14.4 Å². The summed E-state index contributed by atoms with van der Waals surface area (Å²) in [7, 11) is 0. The first kappa shape index (κ1) is 28.2. The maximum atomic E-state index is 13.7. The number of nitrogens with zero attached hydrogens (tertiary/aromatic N) is 2. The zero-order chi connectivity index (χ0) is 30.1. The van der Waals surface area contributed by atoms with E-state index in [0.29, 0.717) is 57.4 Å². The number of ether oxygens (including phenoxy) is 1. The van der Waals surface area contributed by atoms with Gasteiger partial charge in [-0.1, -0.05) is 83.9 Å². The van der Waals surface area contributed by atoms with Crippen LogP contribution in [0.3, 0.4) is 0 Å². The van der Waals surface area contributed by atoms with Crippen molar-refractivity contribution < 1.29 is 23.9 Å². The van der Waals surface area contributed by atoms with Crippen LogP contribution in [-0.2, 0) is 4.74 Å². The minimum Gasteiger partial charge on any atom is -0.450 e. The Morgan fingerprint density at radius 3 is 2.14 bits per heavy atom. The van der Waals surface area contributed by atoms with Crippen LogP contribution in [0.2, 0.25) is 0 Å². The van der Waals surface area contributed by atoms with Gasteiger partial charge in [0, 0.05) is 21.0 Å². The van der Waals surface area contributed by atoms with Crippen LogP contribution in [0.5, 0.6) is 0 Å². The second-order valence-corrected chi connectivity index (χ2v) is 11.1. The van der Waals surface area contributed by atoms with Gasteiger partial charge in [-0.2, -0.15) is 0 Å². The Morgan fingerprint density at radius 1 is 0.837 bits per heavy atom. The molecule has 2 heterocycles. The molecule has 4 aromatic carbocycles. The van der Waals surface area contributed by atoms with Gasteiger partial charge in [-0.15, -0.1) is 0 Å². The standard InChI is InChI=1S/C35H25BrN2O5/c1-2-8-31(32(39)22-9-4-3-5-10-22)43-35(42)28-20-30(37-29-18-15-23(36)19-27(28)29)21-13-16-24(17-14-21)38-33(40)25-11-6-7-12-26(25)34(38)41/h3-7,9-20,31H,2,8H2,1H3. The molecule has 0 saturated carbocycles. The predicted octanol–water partition coefficient (Wildman–Crippen LogP) is 7.67. The molecular weight excluding hydrogens is 608 g/mol. The SMILES string of the molecule is CCCC(OC(=O)c1cc(-c2ccc(N3C(=O)c4ccccc4C3=O)cc2)nc2ccc(Br)cc12)C(=O)c1ccccc1. The first-order valence-corrected chi connectivity index (χ1v) is 14.6. The normalized spacial score (nSPS) is 13.2. The highest BCUT2D eigenvalue weighted by atomic mass is 79.9. The molecule has 2 amide bonds. The number of hydrogen-bond donors (Lipinski definition) is 0. The fraction of sp³-hybridized carbons (Fsp3) is 0.114. The maximum absolute atomic E-state index is 13.7. The third-order valence-electron chi connectivity index (χ3n) is 7.36. The minimum atomic E-state index is -0.933. The van der Waals surface area contributed by atoms with Crippen molar-refractivity contribution in [3.63, 3.8) is 0 Å². The van der Waals surface area contributed by atoms with Crippen LogP contribution < -0.4 is 4.90 Å². The van der Waals surface area contributed by atoms with Crippen LogP contribution in [0.15, 0.2) is 108 Å². The van der Waals surface area contributed by atoms with Crippen LogP contribution in [-0.4, -0.2) is 34.7 Å². The number of ketones is 1. The molecule has 0 spiro atoms. The summed E-state index contributed by atoms with van der Waals surface area (Å²) in [6.07, 6.45) is 0.111. The maximum Gasteiger partial charge on any atom is 0.339 e. The molecule has 43 heavy (non-hydrogen) atoms. The monoisotopic (exact) mass is 632 g/mol. The van der Waals surface area contributed by atoms with Gasteiger partial charge in [-0.25, -0.2) is 14.7 Å². The van der Waals surface area contributed by atoms with Crippen LogP contribution in [0.4, 0.5) is 5.69 Å². The number of imide groups is 1. The Hall–Kier alpha value is -4.95. The van der Waals surface area contributed by atoms with Gasteiger partial charge in [0.05, 0.1) is 33.6 Å². The Bertz CT molecular complexity index is 1870. The Balaban J connectivity index is 1.34. The number of pyridine rings is 1. The lowest BCUT2D eigenvalue weighted by atomic mass is 10.0. The first-order valence-electron chi connectivity index (χ1n) is 13.8. The van der Waals surface area contributed by atoms with E-state index in [1.54, 1.807) is 91.0 Å². The summed E-state index contributed by atoms with van der Waals surface area (Å²) in [5, 5.41) is 0.577. The van der Waals surface area contributed by atoms with Crippen LogP contribution in [0.25, 0.3) is 22.2 Å². The number of hydrogen-bond acceptors (Lipinski definition) is 6. The van der Waals surface area contributed by atoms with E-state index >= 15 is 0 Å². The van der Waals surface area contributed by atoms with E-state index in [1.165, 1.54) is 0 Å². The fourth-order valence-corrected chi connectivity index (χ4v) is 5.57. The summed E-state index contributed by atoms with van der Waals surface area (Å²) in [5.41, 5.74) is 3.66. The van der Waals surface area contributed by atoms with Crippen molar-refractivity contribution in [3.8, 4) is 11.3 Å². The predicted molar refractivity (Wildman–Crippen MR) is 167 cm³/mol. The van der Waals surface area contributed by atoms with Crippen LogP contribution in [0.1, 0.15) is 61.2 Å². The molecule has 6 rings (SSSR count). The van der Waals surface area contributed by atoms with E-state index < -0.39 is 12.1 Å². The molecule has 1 aliphatic heterocycles. The Kier molecular flexibility index (Phi) is 7.69. The molecule has 1 aliphatic rings. The lowest BCUT2D eigenvalue weighted by Gasteiger charge is -2.18. The number of Topliss-reactive ketones (excluding diaryl/α,β-unsaturated/α-hetero) is 1. The van der Waals surface area contributed by atoms with Crippen molar-refractivity contribution in [1.82, 2.24) is 4.98 Å². The number of fused-ring (bicyclic) bond motifs is 2. The van der Waals surface area contributed by atoms with E-state index in [4.69, 9.17) is 9.72 Å². The van der Waals surface area contributed by atoms with Crippen molar-refractivity contribution in [2.24, 2.45) is 0 Å². The smallest absolute Gasteiger partial charge is 0.339 e. The lowest BCUT2D eigenvalue weighted by molar-refractivity contribution is 0.0268. The first-order chi connectivity index (χ1) is 20.9. The van der Waals surface area contributed by atoms with Crippen molar-refractivity contribution in [2.45, 2.75) is 25.9 Å². The molecule has 8 heteroatoms. The molecule has 5 aromatic rings. The summed E-state index contributed by atoms with van der Waals surface area (Å²) in [5.74, 6) is -1.63. The van der Waals surface area contributed by atoms with Gasteiger partial charge in [0.25, 0.3) is 11.8 Å². The van der Waals surface area contributed by atoms with Gasteiger partial charge in [0.1, 0.15) is 0 Å². The topological polar surface area (TPSA) is 93.6 Å². The zero-order valence-corrected chi connectivity index (χ0v) is 24.7. The number of anilines is 1. The number of carbonyl (C=O) groups is 4. The van der Waals surface area contributed by atoms with Gasteiger partial charge in [0.15, 0.2) is 6.10 Å². The molecule has 0 saturated heterocycles. The lowest BCUT2D eigenvalue weighted by Crippen LogP contribution is -2.29. The van der Waals surface area contributed by atoms with Crippen molar-refractivity contribution in [1.29, 1.82) is 0 Å². The number of halogens is 1. The van der Waals surface area contributed by atoms with Crippen LogP contribution >= 0.6 is 15.9 Å². The van der Waals surface area contributed by atoms with Crippen molar-refractivity contribution >= 4 is 56.1 Å². The number of aromatic nitrogens is 1. The Morgan fingerprint density at radius 2 is 1.49 bits per heavy atom. The highest BCUT2D eigenvalue weighted by Crippen LogP contribution is 2.32. The van der Waals surface area contributed by atoms with Crippen LogP contribution in [0, 0.1) is 0 Å². The summed E-state index contributed by atoms with van der Waals surface area (Å²) in [6.45, 7) is 1.93.